The Morgan fingerprint density at radius 1 is 1.15 bits per heavy atom. The average molecular weight is 347 g/mol. The molecule has 1 aromatic heterocycles. The lowest BCUT2D eigenvalue weighted by molar-refractivity contribution is 0.723. The predicted octanol–water partition coefficient (Wildman–Crippen LogP) is 3.41. The lowest BCUT2D eigenvalue weighted by Crippen LogP contribution is -2.36. The molecule has 3 N–H and O–H groups in total. The van der Waals surface area contributed by atoms with E-state index in [0.717, 1.165) is 12.1 Å². The summed E-state index contributed by atoms with van der Waals surface area (Å²) in [4.78, 5) is 8.54. The molecule has 2 aromatic carbocycles. The second-order valence-corrected chi connectivity index (χ2v) is 6.59. The maximum absolute atomic E-state index is 5.93. The van der Waals surface area contributed by atoms with Gasteiger partial charge in [0.05, 0.1) is 12.9 Å². The highest BCUT2D eigenvalue weighted by molar-refractivity contribution is 5.78. The molecular formula is C21H25N5. The summed E-state index contributed by atoms with van der Waals surface area (Å²) < 4.78 is 2.06. The number of hydrogen-bond acceptors (Lipinski definition) is 2. The van der Waals surface area contributed by atoms with Gasteiger partial charge in [0.1, 0.15) is 0 Å². The van der Waals surface area contributed by atoms with Crippen molar-refractivity contribution in [2.45, 2.75) is 33.0 Å². The molecule has 134 valence electrons. The summed E-state index contributed by atoms with van der Waals surface area (Å²) in [6, 6.07) is 17.2. The Kier molecular flexibility index (Phi) is 5.69. The van der Waals surface area contributed by atoms with Gasteiger partial charge in [0.15, 0.2) is 5.96 Å². The van der Waals surface area contributed by atoms with E-state index in [4.69, 9.17) is 5.73 Å². The van der Waals surface area contributed by atoms with Gasteiger partial charge in [0.2, 0.25) is 0 Å². The number of nitrogens with one attached hydrogen (secondary N) is 1. The summed E-state index contributed by atoms with van der Waals surface area (Å²) >= 11 is 0. The van der Waals surface area contributed by atoms with Crippen LogP contribution in [0, 0.1) is 0 Å². The minimum absolute atomic E-state index is 0.275. The van der Waals surface area contributed by atoms with E-state index in [2.05, 4.69) is 62.3 Å². The zero-order chi connectivity index (χ0) is 18.4. The van der Waals surface area contributed by atoms with Crippen molar-refractivity contribution in [3.8, 4) is 11.1 Å². The molecule has 5 heteroatoms. The highest BCUT2D eigenvalue weighted by atomic mass is 15.1. The molecule has 0 amide bonds. The van der Waals surface area contributed by atoms with Gasteiger partial charge in [-0.2, -0.15) is 0 Å². The Morgan fingerprint density at radius 3 is 2.62 bits per heavy atom. The normalized spacial score (nSPS) is 11.7. The van der Waals surface area contributed by atoms with Crippen molar-refractivity contribution in [3.05, 3.63) is 78.4 Å². The zero-order valence-corrected chi connectivity index (χ0v) is 15.3. The third-order valence-corrected chi connectivity index (χ3v) is 4.06. The number of benzene rings is 2. The van der Waals surface area contributed by atoms with Crippen LogP contribution in [-0.2, 0) is 13.1 Å². The number of rotatable bonds is 6. The molecule has 0 saturated heterocycles. The number of guanidine groups is 1. The van der Waals surface area contributed by atoms with Gasteiger partial charge >= 0.3 is 0 Å². The SMILES string of the molecule is CC(C)NC(N)=NCc1ccccc1-c1ccc(Cn2ccnc2)cc1. The molecule has 0 fully saturated rings. The summed E-state index contributed by atoms with van der Waals surface area (Å²) in [7, 11) is 0. The Labute approximate surface area is 154 Å². The van der Waals surface area contributed by atoms with Crippen LogP contribution in [0.1, 0.15) is 25.0 Å². The largest absolute Gasteiger partial charge is 0.370 e. The summed E-state index contributed by atoms with van der Waals surface area (Å²) in [6.07, 6.45) is 5.60. The molecule has 0 bridgehead atoms. The number of imidazole rings is 1. The van der Waals surface area contributed by atoms with Crippen LogP contribution in [0.2, 0.25) is 0 Å². The second kappa shape index (κ2) is 8.34. The van der Waals surface area contributed by atoms with Crippen molar-refractivity contribution in [3.63, 3.8) is 0 Å². The van der Waals surface area contributed by atoms with Crippen LogP contribution in [0.3, 0.4) is 0 Å². The first-order valence-electron chi connectivity index (χ1n) is 8.81. The lowest BCUT2D eigenvalue weighted by Gasteiger charge is -2.11. The Bertz CT molecular complexity index is 848. The fraction of sp³-hybridized carbons (Fsp3) is 0.238. The minimum Gasteiger partial charge on any atom is -0.370 e. The van der Waals surface area contributed by atoms with E-state index >= 15 is 0 Å². The van der Waals surface area contributed by atoms with Crippen molar-refractivity contribution in [2.75, 3.05) is 0 Å². The maximum atomic E-state index is 5.93. The van der Waals surface area contributed by atoms with Crippen molar-refractivity contribution < 1.29 is 0 Å². The fourth-order valence-corrected chi connectivity index (χ4v) is 2.83. The average Bonchev–Trinajstić information content (AvgIpc) is 3.13. The topological polar surface area (TPSA) is 68.2 Å². The van der Waals surface area contributed by atoms with Crippen molar-refractivity contribution in [2.24, 2.45) is 10.7 Å². The Morgan fingerprint density at radius 2 is 1.92 bits per heavy atom. The number of nitrogens with two attached hydrogens (primary N) is 1. The van der Waals surface area contributed by atoms with E-state index in [1.54, 1.807) is 6.20 Å². The Hall–Kier alpha value is -3.08. The van der Waals surface area contributed by atoms with Gasteiger partial charge in [-0.15, -0.1) is 0 Å². The lowest BCUT2D eigenvalue weighted by atomic mass is 9.98. The first-order valence-corrected chi connectivity index (χ1v) is 8.81. The van der Waals surface area contributed by atoms with Gasteiger partial charge in [0, 0.05) is 25.0 Å². The number of aromatic nitrogens is 2. The first kappa shape index (κ1) is 17.7. The van der Waals surface area contributed by atoms with Gasteiger partial charge in [-0.25, -0.2) is 9.98 Å². The van der Waals surface area contributed by atoms with Crippen molar-refractivity contribution >= 4 is 5.96 Å². The van der Waals surface area contributed by atoms with Crippen LogP contribution >= 0.6 is 0 Å². The van der Waals surface area contributed by atoms with Crippen LogP contribution < -0.4 is 11.1 Å². The number of aliphatic imine (C=N–C) groups is 1. The van der Waals surface area contributed by atoms with E-state index in [1.807, 2.05) is 32.4 Å². The van der Waals surface area contributed by atoms with Crippen LogP contribution in [0.15, 0.2) is 72.2 Å². The Balaban J connectivity index is 1.76. The van der Waals surface area contributed by atoms with E-state index in [1.165, 1.54) is 16.7 Å². The first-order chi connectivity index (χ1) is 12.6. The van der Waals surface area contributed by atoms with E-state index < -0.39 is 0 Å². The molecule has 0 saturated carbocycles. The molecule has 3 rings (SSSR count). The van der Waals surface area contributed by atoms with E-state index in [9.17, 15) is 0 Å². The fourth-order valence-electron chi connectivity index (χ4n) is 2.83. The zero-order valence-electron chi connectivity index (χ0n) is 15.3. The third-order valence-electron chi connectivity index (χ3n) is 4.06. The molecule has 0 spiro atoms. The summed E-state index contributed by atoms with van der Waals surface area (Å²) in [6.45, 7) is 5.46. The third kappa shape index (κ3) is 4.72. The van der Waals surface area contributed by atoms with E-state index in [-0.39, 0.29) is 6.04 Å². The molecule has 0 atom stereocenters. The molecule has 0 aliphatic carbocycles. The summed E-state index contributed by atoms with van der Waals surface area (Å²) in [5, 5.41) is 3.12. The molecule has 0 unspecified atom stereocenters. The maximum Gasteiger partial charge on any atom is 0.189 e. The van der Waals surface area contributed by atoms with Gasteiger partial charge in [-0.05, 0) is 36.1 Å². The number of nitrogens with zero attached hydrogens (tertiary/aromatic N) is 3. The van der Waals surface area contributed by atoms with Crippen LogP contribution in [-0.4, -0.2) is 21.6 Å². The van der Waals surface area contributed by atoms with Crippen LogP contribution in [0.5, 0.6) is 0 Å². The van der Waals surface area contributed by atoms with Gasteiger partial charge in [-0.3, -0.25) is 0 Å². The molecule has 3 aromatic rings. The van der Waals surface area contributed by atoms with E-state index in [0.29, 0.717) is 12.5 Å². The van der Waals surface area contributed by atoms with Gasteiger partial charge in [-0.1, -0.05) is 48.5 Å². The van der Waals surface area contributed by atoms with Gasteiger partial charge < -0.3 is 15.6 Å². The summed E-state index contributed by atoms with van der Waals surface area (Å²) in [5.41, 5.74) is 10.7. The quantitative estimate of drug-likeness (QED) is 0.530. The minimum atomic E-state index is 0.275. The smallest absolute Gasteiger partial charge is 0.189 e. The standard InChI is InChI=1S/C21H25N5/c1-16(2)25-21(22)24-13-19-5-3-4-6-20(19)18-9-7-17(8-10-18)14-26-12-11-23-15-26/h3-12,15-16H,13-14H2,1-2H3,(H3,22,24,25). The van der Waals surface area contributed by atoms with Gasteiger partial charge in [0.25, 0.3) is 0 Å². The molecule has 1 heterocycles. The second-order valence-electron chi connectivity index (χ2n) is 6.59. The van der Waals surface area contributed by atoms with Crippen LogP contribution in [0.4, 0.5) is 0 Å². The molecule has 0 radical (unpaired) electrons. The monoisotopic (exact) mass is 347 g/mol. The molecular weight excluding hydrogens is 322 g/mol. The molecule has 0 aliphatic rings. The van der Waals surface area contributed by atoms with Crippen molar-refractivity contribution in [1.29, 1.82) is 0 Å². The van der Waals surface area contributed by atoms with Crippen LogP contribution in [0.25, 0.3) is 11.1 Å². The number of hydrogen-bond donors (Lipinski definition) is 2. The molecule has 5 nitrogen and oxygen atoms in total. The molecule has 0 aliphatic heterocycles. The highest BCUT2D eigenvalue weighted by Crippen LogP contribution is 2.25. The predicted molar refractivity (Wildman–Crippen MR) is 107 cm³/mol. The van der Waals surface area contributed by atoms with Crippen molar-refractivity contribution in [1.82, 2.24) is 14.9 Å². The summed E-state index contributed by atoms with van der Waals surface area (Å²) in [5.74, 6) is 0.477. The highest BCUT2D eigenvalue weighted by Gasteiger charge is 2.05. The molecule has 26 heavy (non-hydrogen) atoms.